The van der Waals surface area contributed by atoms with E-state index in [0.717, 1.165) is 19.6 Å². The molecule has 3 heteroatoms. The smallest absolute Gasteiger partial charge is 0.0191 e. The van der Waals surface area contributed by atoms with Gasteiger partial charge in [0.25, 0.3) is 0 Å². The summed E-state index contributed by atoms with van der Waals surface area (Å²) in [7, 11) is 2.85. The lowest BCUT2D eigenvalue weighted by Gasteiger charge is -2.43. The summed E-state index contributed by atoms with van der Waals surface area (Å²) in [6, 6.07) is 0. The maximum Gasteiger partial charge on any atom is 0.0191 e. The number of hydrogen-bond acceptors (Lipinski definition) is 2. The van der Waals surface area contributed by atoms with Gasteiger partial charge in [-0.15, -0.1) is 0 Å². The van der Waals surface area contributed by atoms with Gasteiger partial charge in [0.1, 0.15) is 0 Å². The van der Waals surface area contributed by atoms with Gasteiger partial charge in [-0.2, -0.15) is 0 Å². The first-order valence-corrected chi connectivity index (χ1v) is 5.58. The van der Waals surface area contributed by atoms with Crippen LogP contribution in [-0.2, 0) is 0 Å². The molecule has 1 atom stereocenters. The van der Waals surface area contributed by atoms with Crippen LogP contribution in [0.2, 0.25) is 0 Å². The quantitative estimate of drug-likeness (QED) is 0.603. The fourth-order valence-electron chi connectivity index (χ4n) is 2.26. The molecule has 1 heterocycles. The van der Waals surface area contributed by atoms with Gasteiger partial charge in [-0.3, -0.25) is 4.67 Å². The van der Waals surface area contributed by atoms with Crippen molar-refractivity contribution in [2.45, 2.75) is 39.7 Å². The molecular formula is C10H23N2P. The third-order valence-electron chi connectivity index (χ3n) is 2.82. The Morgan fingerprint density at radius 2 is 1.85 bits per heavy atom. The number of hydrogen-bond donors (Lipinski definition) is 1. The minimum Gasteiger partial charge on any atom is -0.315 e. The van der Waals surface area contributed by atoms with Crippen molar-refractivity contribution in [2.75, 3.05) is 19.6 Å². The summed E-state index contributed by atoms with van der Waals surface area (Å²) in [4.78, 5) is 0. The van der Waals surface area contributed by atoms with Crippen LogP contribution in [-0.4, -0.2) is 29.8 Å². The maximum atomic E-state index is 3.49. The van der Waals surface area contributed by atoms with Crippen molar-refractivity contribution in [3.05, 3.63) is 0 Å². The molecule has 78 valence electrons. The number of rotatable bonds is 0. The summed E-state index contributed by atoms with van der Waals surface area (Å²) >= 11 is 0. The lowest BCUT2D eigenvalue weighted by Crippen LogP contribution is -2.49. The first-order chi connectivity index (χ1) is 5.83. The predicted octanol–water partition coefficient (Wildman–Crippen LogP) is 1.88. The SMILES string of the molecule is CC1(C)CNCCN(P)C(C)(C)C1. The molecule has 0 aromatic carbocycles. The van der Waals surface area contributed by atoms with E-state index in [1.165, 1.54) is 6.42 Å². The van der Waals surface area contributed by atoms with Crippen molar-refractivity contribution in [2.24, 2.45) is 5.41 Å². The highest BCUT2D eigenvalue weighted by Crippen LogP contribution is 2.33. The Labute approximate surface area is 84.7 Å². The molecule has 13 heavy (non-hydrogen) atoms. The van der Waals surface area contributed by atoms with Gasteiger partial charge in [0.15, 0.2) is 0 Å². The van der Waals surface area contributed by atoms with E-state index in [2.05, 4.69) is 47.1 Å². The van der Waals surface area contributed by atoms with E-state index in [9.17, 15) is 0 Å². The molecule has 1 aliphatic rings. The molecule has 1 N–H and O–H groups in total. The molecule has 1 aliphatic heterocycles. The molecule has 0 bridgehead atoms. The molecular weight excluding hydrogens is 179 g/mol. The molecule has 0 aliphatic carbocycles. The summed E-state index contributed by atoms with van der Waals surface area (Å²) in [6.07, 6.45) is 1.23. The van der Waals surface area contributed by atoms with Gasteiger partial charge in [0, 0.05) is 25.2 Å². The van der Waals surface area contributed by atoms with Gasteiger partial charge < -0.3 is 5.32 Å². The monoisotopic (exact) mass is 202 g/mol. The Balaban J connectivity index is 2.70. The third kappa shape index (κ3) is 3.19. The first kappa shape index (κ1) is 11.4. The van der Waals surface area contributed by atoms with E-state index >= 15 is 0 Å². The second-order valence-corrected chi connectivity index (χ2v) is 6.15. The molecule has 0 aromatic rings. The van der Waals surface area contributed by atoms with E-state index in [1.807, 2.05) is 0 Å². The number of nitrogens with zero attached hydrogens (tertiary/aromatic N) is 1. The highest BCUT2D eigenvalue weighted by Gasteiger charge is 2.33. The lowest BCUT2D eigenvalue weighted by molar-refractivity contribution is 0.133. The van der Waals surface area contributed by atoms with Crippen LogP contribution in [0.4, 0.5) is 0 Å². The molecule has 1 rings (SSSR count). The molecule has 1 saturated heterocycles. The van der Waals surface area contributed by atoms with Crippen LogP contribution in [0.5, 0.6) is 0 Å². The van der Waals surface area contributed by atoms with Gasteiger partial charge in [-0.05, 0) is 25.7 Å². The molecule has 2 nitrogen and oxygen atoms in total. The van der Waals surface area contributed by atoms with E-state index < -0.39 is 0 Å². The fraction of sp³-hybridized carbons (Fsp3) is 1.00. The molecule has 1 unspecified atom stereocenters. The lowest BCUT2D eigenvalue weighted by atomic mass is 9.79. The normalized spacial score (nSPS) is 29.3. The minimum absolute atomic E-state index is 0.302. The second-order valence-electron chi connectivity index (χ2n) is 5.52. The van der Waals surface area contributed by atoms with E-state index in [4.69, 9.17) is 0 Å². The first-order valence-electron chi connectivity index (χ1n) is 5.07. The highest BCUT2D eigenvalue weighted by molar-refractivity contribution is 7.13. The van der Waals surface area contributed by atoms with Crippen LogP contribution in [0.25, 0.3) is 0 Å². The molecule has 0 saturated carbocycles. The highest BCUT2D eigenvalue weighted by atomic mass is 31.0. The van der Waals surface area contributed by atoms with E-state index in [-0.39, 0.29) is 0 Å². The zero-order valence-electron chi connectivity index (χ0n) is 9.35. The minimum atomic E-state index is 0.302. The van der Waals surface area contributed by atoms with Gasteiger partial charge in [-0.25, -0.2) is 0 Å². The van der Waals surface area contributed by atoms with Gasteiger partial charge >= 0.3 is 0 Å². The average Bonchev–Trinajstić information content (AvgIpc) is 1.94. The number of nitrogens with one attached hydrogen (secondary N) is 1. The van der Waals surface area contributed by atoms with Crippen LogP contribution in [0.15, 0.2) is 0 Å². The summed E-state index contributed by atoms with van der Waals surface area (Å²) in [5.74, 6) is 0. The summed E-state index contributed by atoms with van der Waals surface area (Å²) in [5, 5.41) is 3.49. The van der Waals surface area contributed by atoms with E-state index in [1.54, 1.807) is 0 Å². The van der Waals surface area contributed by atoms with Crippen molar-refractivity contribution in [1.29, 1.82) is 0 Å². The molecule has 1 fully saturated rings. The zero-order valence-corrected chi connectivity index (χ0v) is 10.5. The fourth-order valence-corrected chi connectivity index (χ4v) is 2.48. The van der Waals surface area contributed by atoms with Gasteiger partial charge in [0.2, 0.25) is 0 Å². The summed E-state index contributed by atoms with van der Waals surface area (Å²) in [6.45, 7) is 12.7. The Hall–Kier alpha value is 0.350. The Kier molecular flexibility index (Phi) is 3.38. The van der Waals surface area contributed by atoms with Crippen molar-refractivity contribution < 1.29 is 0 Å². The predicted molar refractivity (Wildman–Crippen MR) is 61.8 cm³/mol. The van der Waals surface area contributed by atoms with Crippen LogP contribution >= 0.6 is 9.39 Å². The van der Waals surface area contributed by atoms with Crippen molar-refractivity contribution in [3.63, 3.8) is 0 Å². The molecule has 0 aromatic heterocycles. The molecule has 0 amide bonds. The zero-order chi connectivity index (χ0) is 10.1. The van der Waals surface area contributed by atoms with Crippen molar-refractivity contribution in [1.82, 2.24) is 9.99 Å². The summed E-state index contributed by atoms with van der Waals surface area (Å²) < 4.78 is 2.38. The largest absolute Gasteiger partial charge is 0.315 e. The standard InChI is InChI=1S/C10H23N2P/c1-9(2)7-10(3,4)12(13)6-5-11-8-9/h11H,5-8,13H2,1-4H3. The van der Waals surface area contributed by atoms with Crippen molar-refractivity contribution >= 4 is 9.39 Å². The van der Waals surface area contributed by atoms with Crippen LogP contribution in [0, 0.1) is 5.41 Å². The van der Waals surface area contributed by atoms with Gasteiger partial charge in [-0.1, -0.05) is 23.2 Å². The Morgan fingerprint density at radius 3 is 2.46 bits per heavy atom. The average molecular weight is 202 g/mol. The van der Waals surface area contributed by atoms with Crippen LogP contribution in [0.1, 0.15) is 34.1 Å². The summed E-state index contributed by atoms with van der Waals surface area (Å²) in [5.41, 5.74) is 0.703. The van der Waals surface area contributed by atoms with Crippen LogP contribution < -0.4 is 5.32 Å². The van der Waals surface area contributed by atoms with Crippen molar-refractivity contribution in [3.8, 4) is 0 Å². The van der Waals surface area contributed by atoms with Crippen LogP contribution in [0.3, 0.4) is 0 Å². The maximum absolute atomic E-state index is 3.49. The second kappa shape index (κ2) is 3.84. The van der Waals surface area contributed by atoms with Gasteiger partial charge in [0.05, 0.1) is 0 Å². The third-order valence-corrected chi connectivity index (χ3v) is 3.78. The Bertz CT molecular complexity index is 178. The van der Waals surface area contributed by atoms with E-state index in [0.29, 0.717) is 11.0 Å². The molecule has 0 spiro atoms. The topological polar surface area (TPSA) is 15.3 Å². The Morgan fingerprint density at radius 1 is 1.23 bits per heavy atom. The molecule has 0 radical (unpaired) electrons.